The summed E-state index contributed by atoms with van der Waals surface area (Å²) in [4.78, 5) is 15.4. The summed E-state index contributed by atoms with van der Waals surface area (Å²) < 4.78 is 0. The van der Waals surface area contributed by atoms with Gasteiger partial charge in [-0.2, -0.15) is 0 Å². The highest BCUT2D eigenvalue weighted by Gasteiger charge is 2.06. The molecule has 2 aromatic rings. The molecule has 0 heterocycles. The van der Waals surface area contributed by atoms with E-state index in [0.29, 0.717) is 21.8 Å². The lowest BCUT2D eigenvalue weighted by atomic mass is 10.1. The van der Waals surface area contributed by atoms with Crippen molar-refractivity contribution < 1.29 is 9.90 Å². The number of benzene rings is 2. The van der Waals surface area contributed by atoms with Crippen molar-refractivity contribution in [2.45, 2.75) is 6.92 Å². The second-order valence-electron chi connectivity index (χ2n) is 4.19. The summed E-state index contributed by atoms with van der Waals surface area (Å²) in [5.74, 6) is -0.0695. The van der Waals surface area contributed by atoms with Crippen LogP contribution in [-0.2, 0) is 0 Å². The molecule has 0 spiro atoms. The van der Waals surface area contributed by atoms with Crippen molar-refractivity contribution in [3.8, 4) is 5.75 Å². The zero-order chi connectivity index (χ0) is 14.7. The minimum atomic E-state index is -0.0693. The Balaban J connectivity index is 2.27. The van der Waals surface area contributed by atoms with Gasteiger partial charge in [-0.1, -0.05) is 23.2 Å². The van der Waals surface area contributed by atoms with Crippen molar-refractivity contribution in [1.29, 1.82) is 0 Å². The number of halogens is 2. The van der Waals surface area contributed by atoms with E-state index >= 15 is 0 Å². The van der Waals surface area contributed by atoms with E-state index < -0.39 is 0 Å². The summed E-state index contributed by atoms with van der Waals surface area (Å²) in [7, 11) is 0. The number of ketones is 1. The molecular weight excluding hydrogens is 297 g/mol. The van der Waals surface area contributed by atoms with Gasteiger partial charge in [0.1, 0.15) is 5.75 Å². The molecule has 0 fully saturated rings. The molecule has 1 N–H and O–H groups in total. The number of hydrogen-bond acceptors (Lipinski definition) is 3. The molecule has 0 bridgehead atoms. The number of rotatable bonds is 3. The van der Waals surface area contributed by atoms with Crippen LogP contribution in [0.5, 0.6) is 5.75 Å². The van der Waals surface area contributed by atoms with Crippen LogP contribution in [-0.4, -0.2) is 17.1 Å². The number of phenolic OH excluding ortho intramolecular Hbond substituents is 1. The lowest BCUT2D eigenvalue weighted by Gasteiger charge is -2.02. The van der Waals surface area contributed by atoms with Crippen LogP contribution in [0.3, 0.4) is 0 Å². The highest BCUT2D eigenvalue weighted by atomic mass is 35.5. The van der Waals surface area contributed by atoms with Crippen molar-refractivity contribution >= 4 is 40.9 Å². The van der Waals surface area contributed by atoms with Gasteiger partial charge >= 0.3 is 0 Å². The normalized spacial score (nSPS) is 10.9. The van der Waals surface area contributed by atoms with Gasteiger partial charge in [0.2, 0.25) is 0 Å². The Kier molecular flexibility index (Phi) is 4.42. The molecule has 0 aromatic heterocycles. The smallest absolute Gasteiger partial charge is 0.159 e. The maximum absolute atomic E-state index is 11.2. The number of aliphatic imine (C=N–C) groups is 1. The van der Waals surface area contributed by atoms with Gasteiger partial charge in [-0.05, 0) is 43.3 Å². The van der Waals surface area contributed by atoms with E-state index in [2.05, 4.69) is 4.99 Å². The average Bonchev–Trinajstić information content (AvgIpc) is 2.41. The third-order valence-electron chi connectivity index (χ3n) is 2.68. The fraction of sp³-hybridized carbons (Fsp3) is 0.0667. The molecule has 0 saturated carbocycles. The molecule has 0 unspecified atom stereocenters. The minimum Gasteiger partial charge on any atom is -0.506 e. The average molecular weight is 308 g/mol. The van der Waals surface area contributed by atoms with Crippen molar-refractivity contribution in [2.24, 2.45) is 4.99 Å². The maximum atomic E-state index is 11.2. The van der Waals surface area contributed by atoms with E-state index in [0.717, 1.165) is 0 Å². The molecule has 2 aromatic carbocycles. The monoisotopic (exact) mass is 307 g/mol. The number of hydrogen-bond donors (Lipinski definition) is 1. The molecule has 0 radical (unpaired) electrons. The lowest BCUT2D eigenvalue weighted by molar-refractivity contribution is 0.101. The molecule has 0 atom stereocenters. The van der Waals surface area contributed by atoms with Crippen LogP contribution in [0.1, 0.15) is 22.8 Å². The van der Waals surface area contributed by atoms with Gasteiger partial charge in [-0.15, -0.1) is 0 Å². The Bertz CT molecular complexity index is 679. The number of aromatic hydroxyl groups is 1. The fourth-order valence-corrected chi connectivity index (χ4v) is 2.12. The van der Waals surface area contributed by atoms with Crippen LogP contribution >= 0.6 is 23.2 Å². The molecule has 3 nitrogen and oxygen atoms in total. The van der Waals surface area contributed by atoms with E-state index in [4.69, 9.17) is 23.2 Å². The predicted octanol–water partition coefficient (Wildman–Crippen LogP) is 4.65. The minimum absolute atomic E-state index is 0.000188. The molecule has 0 aliphatic rings. The first-order valence-electron chi connectivity index (χ1n) is 5.80. The standard InChI is InChI=1S/C15H11Cl2NO2/c1-9(19)10-2-4-13(5-3-10)18-8-11-6-12(16)7-14(17)15(11)20/h2-8,20H,1H3. The Morgan fingerprint density at radius 2 is 1.85 bits per heavy atom. The molecule has 20 heavy (non-hydrogen) atoms. The number of carbonyl (C=O) groups excluding carboxylic acids is 1. The first-order chi connectivity index (χ1) is 9.47. The van der Waals surface area contributed by atoms with Crippen molar-refractivity contribution in [3.63, 3.8) is 0 Å². The van der Waals surface area contributed by atoms with Crippen LogP contribution in [0.25, 0.3) is 0 Å². The van der Waals surface area contributed by atoms with Crippen LogP contribution in [0.4, 0.5) is 5.69 Å². The Morgan fingerprint density at radius 1 is 1.20 bits per heavy atom. The van der Waals surface area contributed by atoms with Crippen molar-refractivity contribution in [3.05, 3.63) is 57.6 Å². The van der Waals surface area contributed by atoms with Gasteiger partial charge in [0.05, 0.1) is 10.7 Å². The van der Waals surface area contributed by atoms with Crippen LogP contribution in [0.15, 0.2) is 41.4 Å². The number of nitrogens with zero attached hydrogens (tertiary/aromatic N) is 1. The fourth-order valence-electron chi connectivity index (χ4n) is 1.61. The van der Waals surface area contributed by atoms with E-state index in [9.17, 15) is 9.90 Å². The molecule has 2 rings (SSSR count). The summed E-state index contributed by atoms with van der Waals surface area (Å²) in [5, 5.41) is 10.4. The van der Waals surface area contributed by atoms with E-state index in [1.165, 1.54) is 19.2 Å². The van der Waals surface area contributed by atoms with Gasteiger partial charge in [0, 0.05) is 22.4 Å². The van der Waals surface area contributed by atoms with Crippen molar-refractivity contribution in [1.82, 2.24) is 0 Å². The quantitative estimate of drug-likeness (QED) is 0.662. The molecule has 0 amide bonds. The van der Waals surface area contributed by atoms with Crippen LogP contribution in [0, 0.1) is 0 Å². The van der Waals surface area contributed by atoms with Gasteiger partial charge in [0.15, 0.2) is 5.78 Å². The summed E-state index contributed by atoms with van der Waals surface area (Å²) in [5.41, 5.74) is 1.71. The Morgan fingerprint density at radius 3 is 2.45 bits per heavy atom. The largest absolute Gasteiger partial charge is 0.506 e. The zero-order valence-electron chi connectivity index (χ0n) is 10.6. The van der Waals surface area contributed by atoms with Crippen LogP contribution in [0.2, 0.25) is 10.0 Å². The second-order valence-corrected chi connectivity index (χ2v) is 5.03. The maximum Gasteiger partial charge on any atom is 0.159 e. The first kappa shape index (κ1) is 14.6. The second kappa shape index (κ2) is 6.07. The van der Waals surface area contributed by atoms with E-state index in [1.54, 1.807) is 30.3 Å². The molecular formula is C15H11Cl2NO2. The highest BCUT2D eigenvalue weighted by Crippen LogP contribution is 2.30. The number of Topliss-reactive ketones (excluding diaryl/α,β-unsaturated/α-hetero) is 1. The summed E-state index contributed by atoms with van der Waals surface area (Å²) in [6.45, 7) is 1.50. The van der Waals surface area contributed by atoms with Gasteiger partial charge in [-0.25, -0.2) is 0 Å². The Hall–Kier alpha value is -1.84. The van der Waals surface area contributed by atoms with Gasteiger partial charge in [0.25, 0.3) is 0 Å². The third kappa shape index (κ3) is 3.38. The predicted molar refractivity (Wildman–Crippen MR) is 81.8 cm³/mol. The van der Waals surface area contributed by atoms with E-state index in [1.807, 2.05) is 0 Å². The summed E-state index contributed by atoms with van der Waals surface area (Å²) >= 11 is 11.7. The van der Waals surface area contributed by atoms with Crippen molar-refractivity contribution in [2.75, 3.05) is 0 Å². The third-order valence-corrected chi connectivity index (χ3v) is 3.19. The number of carbonyl (C=O) groups is 1. The Labute approximate surface area is 126 Å². The molecule has 0 aliphatic carbocycles. The lowest BCUT2D eigenvalue weighted by Crippen LogP contribution is -1.89. The zero-order valence-corrected chi connectivity index (χ0v) is 12.1. The summed E-state index contributed by atoms with van der Waals surface area (Å²) in [6, 6.07) is 9.85. The van der Waals surface area contributed by atoms with Crippen LogP contribution < -0.4 is 0 Å². The SMILES string of the molecule is CC(=O)c1ccc(N=Cc2cc(Cl)cc(Cl)c2O)cc1. The van der Waals surface area contributed by atoms with Gasteiger partial charge < -0.3 is 5.11 Å². The topological polar surface area (TPSA) is 49.7 Å². The molecule has 0 aliphatic heterocycles. The summed E-state index contributed by atoms with van der Waals surface area (Å²) in [6.07, 6.45) is 1.47. The highest BCUT2D eigenvalue weighted by molar-refractivity contribution is 6.36. The number of phenols is 1. The van der Waals surface area contributed by atoms with Gasteiger partial charge in [-0.3, -0.25) is 9.79 Å². The molecule has 102 valence electrons. The molecule has 5 heteroatoms. The van der Waals surface area contributed by atoms with E-state index in [-0.39, 0.29) is 16.6 Å². The first-order valence-corrected chi connectivity index (χ1v) is 6.56. The molecule has 0 saturated heterocycles.